The second kappa shape index (κ2) is 5.30. The zero-order valence-corrected chi connectivity index (χ0v) is 12.8. The number of aliphatic carboxylic acids is 1. The summed E-state index contributed by atoms with van der Waals surface area (Å²) in [5, 5.41) is 10.3. The van der Waals surface area contributed by atoms with Crippen LogP contribution < -0.4 is 0 Å². The van der Waals surface area contributed by atoms with Crippen LogP contribution in [0.2, 0.25) is 0 Å². The van der Waals surface area contributed by atoms with E-state index in [0.717, 1.165) is 0 Å². The largest absolute Gasteiger partial charge is 0.610 e. The maximum Gasteiger partial charge on any atom is 0.323 e. The van der Waals surface area contributed by atoms with Crippen molar-refractivity contribution in [3.8, 4) is 0 Å². The Kier molecular flexibility index (Phi) is 3.58. The predicted octanol–water partition coefficient (Wildman–Crippen LogP) is 1.83. The first-order valence-electron chi connectivity index (χ1n) is 6.85. The van der Waals surface area contributed by atoms with Crippen molar-refractivity contribution in [1.29, 1.82) is 0 Å². The Morgan fingerprint density at radius 3 is 2.50 bits per heavy atom. The Hall–Kier alpha value is -2.05. The molecular formula is C16H15NO4S. The highest BCUT2D eigenvalue weighted by molar-refractivity contribution is 7.90. The van der Waals surface area contributed by atoms with E-state index >= 15 is 0 Å². The number of benzene rings is 1. The Labute approximate surface area is 130 Å². The molecule has 2 atom stereocenters. The molecule has 0 aliphatic carbocycles. The lowest BCUT2D eigenvalue weighted by Gasteiger charge is -2.22. The Balaban J connectivity index is 2.15. The maximum absolute atomic E-state index is 12.9. The molecule has 1 aliphatic rings. The number of ketones is 1. The van der Waals surface area contributed by atoms with E-state index in [2.05, 4.69) is 0 Å². The van der Waals surface area contributed by atoms with Gasteiger partial charge in [-0.25, -0.2) is 0 Å². The number of hydrogen-bond acceptors (Lipinski definition) is 3. The standard InChI is InChI=1S/C16H15NO4S/c1-22(21)13-8-7-12-16(15(19)20,9-10-17(12)13)14(18)11-5-3-2-4-6-11/h2-8H,9-10H2,1H3,(H,19,20). The van der Waals surface area contributed by atoms with Crippen LogP contribution >= 0.6 is 0 Å². The molecule has 114 valence electrons. The number of rotatable bonds is 4. The second-order valence-electron chi connectivity index (χ2n) is 5.32. The van der Waals surface area contributed by atoms with Crippen LogP contribution in [0, 0.1) is 0 Å². The molecule has 2 aromatic rings. The molecule has 0 spiro atoms. The number of aromatic nitrogens is 1. The van der Waals surface area contributed by atoms with Gasteiger partial charge in [0.1, 0.15) is 6.26 Å². The minimum Gasteiger partial charge on any atom is -0.610 e. The molecule has 1 aliphatic heterocycles. The van der Waals surface area contributed by atoms with Gasteiger partial charge in [-0.2, -0.15) is 0 Å². The van der Waals surface area contributed by atoms with Gasteiger partial charge in [-0.05, 0) is 23.7 Å². The van der Waals surface area contributed by atoms with Crippen molar-refractivity contribution >= 4 is 22.9 Å². The lowest BCUT2D eigenvalue weighted by atomic mass is 9.76. The molecule has 1 aromatic heterocycles. The third-order valence-electron chi connectivity index (χ3n) is 4.17. The van der Waals surface area contributed by atoms with Gasteiger partial charge in [0.2, 0.25) is 5.03 Å². The molecule has 5 nitrogen and oxygen atoms in total. The van der Waals surface area contributed by atoms with Gasteiger partial charge >= 0.3 is 5.97 Å². The summed E-state index contributed by atoms with van der Waals surface area (Å²) < 4.78 is 13.4. The number of Topliss-reactive ketones (excluding diaryl/α,β-unsaturated/α-hetero) is 1. The summed E-state index contributed by atoms with van der Waals surface area (Å²) in [5.74, 6) is -1.59. The molecule has 0 fully saturated rings. The molecule has 0 saturated carbocycles. The summed E-state index contributed by atoms with van der Waals surface area (Å²) in [6, 6.07) is 11.7. The molecule has 3 rings (SSSR count). The lowest BCUT2D eigenvalue weighted by Crippen LogP contribution is -2.42. The summed E-state index contributed by atoms with van der Waals surface area (Å²) in [7, 11) is 0. The maximum atomic E-state index is 12.9. The first-order valence-corrected chi connectivity index (χ1v) is 8.41. The first kappa shape index (κ1) is 14.9. The van der Waals surface area contributed by atoms with Gasteiger partial charge in [-0.3, -0.25) is 9.59 Å². The van der Waals surface area contributed by atoms with E-state index in [9.17, 15) is 19.2 Å². The van der Waals surface area contributed by atoms with Gasteiger partial charge in [-0.1, -0.05) is 30.3 Å². The molecule has 0 radical (unpaired) electrons. The van der Waals surface area contributed by atoms with Crippen molar-refractivity contribution < 1.29 is 19.2 Å². The minimum absolute atomic E-state index is 0.177. The third kappa shape index (κ3) is 1.99. The summed E-state index contributed by atoms with van der Waals surface area (Å²) in [4.78, 5) is 24.9. The van der Waals surface area contributed by atoms with Crippen molar-refractivity contribution in [1.82, 2.24) is 4.57 Å². The summed E-state index contributed by atoms with van der Waals surface area (Å²) in [6.07, 6.45) is 1.72. The number of carbonyl (C=O) groups excluding carboxylic acids is 1. The van der Waals surface area contributed by atoms with E-state index in [1.54, 1.807) is 53.3 Å². The topological polar surface area (TPSA) is 82.4 Å². The van der Waals surface area contributed by atoms with Gasteiger partial charge in [0, 0.05) is 23.9 Å². The number of carbonyl (C=O) groups is 2. The summed E-state index contributed by atoms with van der Waals surface area (Å²) in [6.45, 7) is 0.377. The predicted molar refractivity (Wildman–Crippen MR) is 81.5 cm³/mol. The fourth-order valence-corrected chi connectivity index (χ4v) is 3.85. The zero-order valence-electron chi connectivity index (χ0n) is 12.0. The van der Waals surface area contributed by atoms with E-state index in [0.29, 0.717) is 22.8 Å². The number of nitrogens with zero attached hydrogens (tertiary/aromatic N) is 1. The Morgan fingerprint density at radius 1 is 1.23 bits per heavy atom. The highest BCUT2D eigenvalue weighted by Gasteiger charge is 2.53. The normalized spacial score (nSPS) is 21.4. The molecule has 6 heteroatoms. The third-order valence-corrected chi connectivity index (χ3v) is 5.12. The van der Waals surface area contributed by atoms with E-state index in [1.807, 2.05) is 0 Å². The minimum atomic E-state index is -1.60. The number of fused-ring (bicyclic) bond motifs is 1. The highest BCUT2D eigenvalue weighted by Crippen LogP contribution is 2.40. The average molecular weight is 317 g/mol. The van der Waals surface area contributed by atoms with Crippen molar-refractivity contribution in [3.63, 3.8) is 0 Å². The molecule has 0 amide bonds. The quantitative estimate of drug-likeness (QED) is 0.530. The van der Waals surface area contributed by atoms with Crippen LogP contribution in [-0.2, 0) is 27.9 Å². The van der Waals surface area contributed by atoms with Gasteiger partial charge < -0.3 is 14.2 Å². The molecule has 0 bridgehead atoms. The Morgan fingerprint density at radius 2 is 1.91 bits per heavy atom. The van der Waals surface area contributed by atoms with Gasteiger partial charge in [0.05, 0.1) is 0 Å². The van der Waals surface area contributed by atoms with E-state index in [1.165, 1.54) is 0 Å². The van der Waals surface area contributed by atoms with E-state index < -0.39 is 28.3 Å². The summed E-state index contributed by atoms with van der Waals surface area (Å²) >= 11 is -1.22. The molecule has 22 heavy (non-hydrogen) atoms. The number of carboxylic acid groups (broad SMARTS) is 1. The Bertz CT molecular complexity index is 738. The number of carboxylic acids is 1. The molecule has 2 unspecified atom stereocenters. The van der Waals surface area contributed by atoms with Crippen molar-refractivity contribution in [2.24, 2.45) is 0 Å². The van der Waals surface area contributed by atoms with E-state index in [4.69, 9.17) is 0 Å². The van der Waals surface area contributed by atoms with Crippen LogP contribution in [0.3, 0.4) is 0 Å². The van der Waals surface area contributed by atoms with Gasteiger partial charge in [0.25, 0.3) is 0 Å². The fraction of sp³-hybridized carbons (Fsp3) is 0.250. The van der Waals surface area contributed by atoms with Crippen molar-refractivity contribution in [2.75, 3.05) is 6.26 Å². The molecular weight excluding hydrogens is 302 g/mol. The molecule has 0 saturated heterocycles. The van der Waals surface area contributed by atoms with E-state index in [-0.39, 0.29) is 6.42 Å². The summed E-state index contributed by atoms with van der Waals surface area (Å²) in [5.41, 5.74) is -0.809. The number of hydrogen-bond donors (Lipinski definition) is 1. The highest BCUT2D eigenvalue weighted by atomic mass is 32.2. The fourth-order valence-electron chi connectivity index (χ4n) is 3.09. The van der Waals surface area contributed by atoms with Crippen LogP contribution in [0.15, 0.2) is 47.5 Å². The first-order chi connectivity index (χ1) is 10.5. The van der Waals surface area contributed by atoms with Crippen molar-refractivity contribution in [3.05, 3.63) is 53.7 Å². The molecule has 2 heterocycles. The van der Waals surface area contributed by atoms with Crippen molar-refractivity contribution in [2.45, 2.75) is 23.4 Å². The second-order valence-corrected chi connectivity index (χ2v) is 6.64. The SMILES string of the molecule is C[S+]([O-])c1ccc2n1CCC2(C(=O)O)C(=O)c1ccccc1. The van der Waals surface area contributed by atoms with Crippen LogP contribution in [-0.4, -0.2) is 32.2 Å². The lowest BCUT2D eigenvalue weighted by molar-refractivity contribution is -0.141. The zero-order chi connectivity index (χ0) is 15.9. The van der Waals surface area contributed by atoms with Crippen LogP contribution in [0.25, 0.3) is 0 Å². The van der Waals surface area contributed by atoms with Crippen LogP contribution in [0.5, 0.6) is 0 Å². The van der Waals surface area contributed by atoms with Gasteiger partial charge in [-0.15, -0.1) is 0 Å². The molecule has 1 aromatic carbocycles. The smallest absolute Gasteiger partial charge is 0.323 e. The average Bonchev–Trinajstić information content (AvgIpc) is 3.07. The van der Waals surface area contributed by atoms with Crippen LogP contribution in [0.1, 0.15) is 22.5 Å². The molecule has 1 N–H and O–H groups in total. The van der Waals surface area contributed by atoms with Gasteiger partial charge in [0.15, 0.2) is 11.2 Å². The van der Waals surface area contributed by atoms with Crippen LogP contribution in [0.4, 0.5) is 0 Å². The monoisotopic (exact) mass is 317 g/mol.